The summed E-state index contributed by atoms with van der Waals surface area (Å²) in [6.07, 6.45) is 1.35. The van der Waals surface area contributed by atoms with Gasteiger partial charge in [-0.25, -0.2) is 13.4 Å². The Morgan fingerprint density at radius 3 is 2.51 bits per heavy atom. The third kappa shape index (κ3) is 4.32. The number of pyridine rings is 1. The van der Waals surface area contributed by atoms with Crippen molar-refractivity contribution in [3.05, 3.63) is 58.9 Å². The average molecular weight is 499 g/mol. The summed E-state index contributed by atoms with van der Waals surface area (Å²) in [5, 5.41) is 4.43. The van der Waals surface area contributed by atoms with E-state index in [9.17, 15) is 32.4 Å². The van der Waals surface area contributed by atoms with Gasteiger partial charge in [-0.3, -0.25) is 34.6 Å². The first kappa shape index (κ1) is 24.2. The van der Waals surface area contributed by atoms with Crippen molar-refractivity contribution in [2.45, 2.75) is 43.7 Å². The van der Waals surface area contributed by atoms with Crippen LogP contribution in [0.25, 0.3) is 0 Å². The fourth-order valence-corrected chi connectivity index (χ4v) is 4.82. The molecule has 4 rings (SSSR count). The van der Waals surface area contributed by atoms with Crippen LogP contribution in [-0.4, -0.2) is 59.1 Å². The van der Waals surface area contributed by atoms with E-state index in [1.165, 1.54) is 36.1 Å². The molecule has 1 aromatic carbocycles. The number of amides is 5. The standard InChI is InChI=1S/C23H22N4O7S/c1-3-35(33,34)15-6-7-17(24-11-15)20(30)26-19(29)13-4-5-14-12-27(21(31)16(14)10-13)23(2)9-8-18(28)25-22(23)32/h4-7,10-11H,3,8-9,12H2,1-2H3,(H,25,28,32)(H,26,29,30). The summed E-state index contributed by atoms with van der Waals surface area (Å²) in [4.78, 5) is 67.3. The number of aromatic nitrogens is 1. The summed E-state index contributed by atoms with van der Waals surface area (Å²) >= 11 is 0. The third-order valence-corrected chi connectivity index (χ3v) is 8.01. The Kier molecular flexibility index (Phi) is 6.01. The van der Waals surface area contributed by atoms with Gasteiger partial charge >= 0.3 is 0 Å². The van der Waals surface area contributed by atoms with Crippen LogP contribution in [0.15, 0.2) is 41.4 Å². The molecule has 3 heterocycles. The largest absolute Gasteiger partial charge is 0.320 e. The number of sulfone groups is 1. The zero-order valence-corrected chi connectivity index (χ0v) is 19.8. The molecule has 1 fully saturated rings. The topological polar surface area (TPSA) is 160 Å². The first-order valence-corrected chi connectivity index (χ1v) is 12.4. The second-order valence-electron chi connectivity index (χ2n) is 8.48. The molecule has 0 aliphatic carbocycles. The predicted molar refractivity (Wildman–Crippen MR) is 121 cm³/mol. The number of nitrogens with one attached hydrogen (secondary N) is 2. The molecule has 0 bridgehead atoms. The number of fused-ring (bicyclic) bond motifs is 1. The van der Waals surface area contributed by atoms with E-state index in [1.807, 2.05) is 0 Å². The van der Waals surface area contributed by atoms with Gasteiger partial charge in [-0.1, -0.05) is 13.0 Å². The monoisotopic (exact) mass is 498 g/mol. The molecule has 1 aromatic heterocycles. The minimum atomic E-state index is -3.48. The lowest BCUT2D eigenvalue weighted by molar-refractivity contribution is -0.142. The van der Waals surface area contributed by atoms with Crippen LogP contribution in [0.5, 0.6) is 0 Å². The molecule has 2 N–H and O–H groups in total. The van der Waals surface area contributed by atoms with Crippen molar-refractivity contribution in [1.82, 2.24) is 20.5 Å². The van der Waals surface area contributed by atoms with E-state index in [0.717, 1.165) is 6.20 Å². The fraction of sp³-hybridized carbons (Fsp3) is 0.304. The average Bonchev–Trinajstić information content (AvgIpc) is 3.18. The van der Waals surface area contributed by atoms with Gasteiger partial charge in [-0.15, -0.1) is 0 Å². The van der Waals surface area contributed by atoms with Gasteiger partial charge in [0.15, 0.2) is 9.84 Å². The summed E-state index contributed by atoms with van der Waals surface area (Å²) in [5.74, 6) is -3.12. The van der Waals surface area contributed by atoms with Gasteiger partial charge in [-0.05, 0) is 43.2 Å². The van der Waals surface area contributed by atoms with E-state index in [-0.39, 0.29) is 46.9 Å². The lowest BCUT2D eigenvalue weighted by Crippen LogP contribution is -2.61. The molecule has 1 saturated heterocycles. The number of carbonyl (C=O) groups excluding carboxylic acids is 5. The lowest BCUT2D eigenvalue weighted by atomic mass is 9.89. The first-order valence-electron chi connectivity index (χ1n) is 10.8. The summed E-state index contributed by atoms with van der Waals surface area (Å²) in [6, 6.07) is 6.82. The SMILES string of the molecule is CCS(=O)(=O)c1ccc(C(=O)NC(=O)c2ccc3c(c2)C(=O)N(C2(C)CCC(=O)NC2=O)C3)nc1. The van der Waals surface area contributed by atoms with Gasteiger partial charge in [0.2, 0.25) is 5.91 Å². The van der Waals surface area contributed by atoms with Crippen molar-refractivity contribution in [1.29, 1.82) is 0 Å². The van der Waals surface area contributed by atoms with Crippen LogP contribution in [-0.2, 0) is 26.0 Å². The molecular weight excluding hydrogens is 476 g/mol. The molecule has 2 aliphatic heterocycles. The van der Waals surface area contributed by atoms with Gasteiger partial charge in [-0.2, -0.15) is 0 Å². The Morgan fingerprint density at radius 1 is 1.14 bits per heavy atom. The maximum absolute atomic E-state index is 13.1. The second-order valence-corrected chi connectivity index (χ2v) is 10.8. The van der Waals surface area contributed by atoms with Gasteiger partial charge < -0.3 is 4.90 Å². The molecule has 2 aliphatic rings. The zero-order chi connectivity index (χ0) is 25.5. The Balaban J connectivity index is 1.49. The number of carbonyl (C=O) groups is 5. The summed E-state index contributed by atoms with van der Waals surface area (Å²) in [6.45, 7) is 3.22. The lowest BCUT2D eigenvalue weighted by Gasteiger charge is -2.39. The van der Waals surface area contributed by atoms with Crippen molar-refractivity contribution in [2.75, 3.05) is 5.75 Å². The zero-order valence-electron chi connectivity index (χ0n) is 19.0. The van der Waals surface area contributed by atoms with Gasteiger partial charge in [0.25, 0.3) is 23.6 Å². The molecule has 0 saturated carbocycles. The number of hydrogen-bond acceptors (Lipinski definition) is 8. The van der Waals surface area contributed by atoms with E-state index in [4.69, 9.17) is 0 Å². The Hall–Kier alpha value is -3.93. The number of benzene rings is 1. The molecule has 35 heavy (non-hydrogen) atoms. The summed E-state index contributed by atoms with van der Waals surface area (Å²) in [7, 11) is -3.48. The predicted octanol–water partition coefficient (Wildman–Crippen LogP) is 0.597. The molecule has 11 nitrogen and oxygen atoms in total. The van der Waals surface area contributed by atoms with Crippen LogP contribution in [0.2, 0.25) is 0 Å². The van der Waals surface area contributed by atoms with E-state index < -0.39 is 44.9 Å². The van der Waals surface area contributed by atoms with E-state index in [0.29, 0.717) is 5.56 Å². The van der Waals surface area contributed by atoms with Crippen molar-refractivity contribution in [2.24, 2.45) is 0 Å². The first-order chi connectivity index (χ1) is 16.5. The normalized spacial score (nSPS) is 19.8. The van der Waals surface area contributed by atoms with Gasteiger partial charge in [0.1, 0.15) is 11.2 Å². The molecule has 0 spiro atoms. The van der Waals surface area contributed by atoms with Crippen LogP contribution in [0, 0.1) is 0 Å². The molecule has 182 valence electrons. The number of imide groups is 2. The van der Waals surface area contributed by atoms with Crippen LogP contribution >= 0.6 is 0 Å². The van der Waals surface area contributed by atoms with E-state index >= 15 is 0 Å². The van der Waals surface area contributed by atoms with Crippen LogP contribution in [0.4, 0.5) is 0 Å². The van der Waals surface area contributed by atoms with E-state index in [1.54, 1.807) is 13.0 Å². The molecule has 1 unspecified atom stereocenters. The number of rotatable bonds is 5. The third-order valence-electron chi connectivity index (χ3n) is 6.29. The van der Waals surface area contributed by atoms with Gasteiger partial charge in [0.05, 0.1) is 10.6 Å². The minimum absolute atomic E-state index is 0.0331. The number of nitrogens with zero attached hydrogens (tertiary/aromatic N) is 2. The minimum Gasteiger partial charge on any atom is -0.320 e. The van der Waals surface area contributed by atoms with Crippen LogP contribution in [0.3, 0.4) is 0 Å². The summed E-state index contributed by atoms with van der Waals surface area (Å²) in [5.41, 5.74) is -0.471. The highest BCUT2D eigenvalue weighted by Crippen LogP contribution is 2.34. The summed E-state index contributed by atoms with van der Waals surface area (Å²) < 4.78 is 23.8. The van der Waals surface area contributed by atoms with Gasteiger partial charge in [0, 0.05) is 30.3 Å². The molecule has 2 aromatic rings. The molecule has 5 amide bonds. The highest BCUT2D eigenvalue weighted by Gasteiger charge is 2.48. The second kappa shape index (κ2) is 8.69. The Morgan fingerprint density at radius 2 is 1.89 bits per heavy atom. The molecule has 1 atom stereocenters. The fourth-order valence-electron chi connectivity index (χ4n) is 4.00. The maximum Gasteiger partial charge on any atom is 0.276 e. The van der Waals surface area contributed by atoms with Crippen LogP contribution < -0.4 is 10.6 Å². The van der Waals surface area contributed by atoms with Crippen molar-refractivity contribution < 1.29 is 32.4 Å². The highest BCUT2D eigenvalue weighted by molar-refractivity contribution is 7.91. The highest BCUT2D eigenvalue weighted by atomic mass is 32.2. The maximum atomic E-state index is 13.1. The van der Waals surface area contributed by atoms with Crippen LogP contribution in [0.1, 0.15) is 63.5 Å². The van der Waals surface area contributed by atoms with E-state index in [2.05, 4.69) is 15.6 Å². The van der Waals surface area contributed by atoms with Crippen molar-refractivity contribution >= 4 is 39.4 Å². The Bertz CT molecular complexity index is 1390. The molecule has 12 heteroatoms. The number of hydrogen-bond donors (Lipinski definition) is 2. The van der Waals surface area contributed by atoms with Crippen molar-refractivity contribution in [3.8, 4) is 0 Å². The number of piperidine rings is 1. The van der Waals surface area contributed by atoms with Crippen molar-refractivity contribution in [3.63, 3.8) is 0 Å². The Labute approximate surface area is 200 Å². The quantitative estimate of drug-likeness (QED) is 0.567. The molecular formula is C23H22N4O7S. The smallest absolute Gasteiger partial charge is 0.276 e. The molecule has 0 radical (unpaired) electrons.